The molecule has 0 atom stereocenters. The molecule has 0 aliphatic rings. The first-order valence-corrected chi connectivity index (χ1v) is 6.39. The molecule has 96 valence electrons. The summed E-state index contributed by atoms with van der Waals surface area (Å²) in [6.45, 7) is 2.09. The second-order valence-corrected chi connectivity index (χ2v) is 4.65. The van der Waals surface area contributed by atoms with Crippen LogP contribution in [0, 0.1) is 18.3 Å². The van der Waals surface area contributed by atoms with Gasteiger partial charge in [-0.05, 0) is 42.3 Å². The van der Waals surface area contributed by atoms with Gasteiger partial charge in [-0.25, -0.2) is 4.68 Å². The molecule has 2 aromatic carbocycles. The molecule has 0 amide bonds. The van der Waals surface area contributed by atoms with Crippen molar-refractivity contribution in [1.82, 2.24) is 9.78 Å². The van der Waals surface area contributed by atoms with Crippen LogP contribution in [0.25, 0.3) is 16.8 Å². The van der Waals surface area contributed by atoms with E-state index < -0.39 is 0 Å². The zero-order chi connectivity index (χ0) is 13.9. The van der Waals surface area contributed by atoms with Crippen molar-refractivity contribution in [2.75, 3.05) is 0 Å². The Morgan fingerprint density at radius 1 is 1.05 bits per heavy atom. The normalized spacial score (nSPS) is 10.2. The summed E-state index contributed by atoms with van der Waals surface area (Å²) in [6, 6.07) is 17.7. The molecule has 3 heteroatoms. The summed E-state index contributed by atoms with van der Waals surface area (Å²) in [5.74, 6) is 0. The summed E-state index contributed by atoms with van der Waals surface area (Å²) >= 11 is 0. The third-order valence-electron chi connectivity index (χ3n) is 3.30. The molecule has 1 heterocycles. The van der Waals surface area contributed by atoms with Crippen LogP contribution in [0.1, 0.15) is 11.1 Å². The summed E-state index contributed by atoms with van der Waals surface area (Å²) in [4.78, 5) is 0. The van der Waals surface area contributed by atoms with Crippen LogP contribution in [0.4, 0.5) is 0 Å². The predicted molar refractivity (Wildman–Crippen MR) is 78.5 cm³/mol. The molecule has 3 aromatic rings. The molecule has 0 spiro atoms. The van der Waals surface area contributed by atoms with Gasteiger partial charge in [-0.3, -0.25) is 0 Å². The Labute approximate surface area is 117 Å². The Morgan fingerprint density at radius 2 is 1.80 bits per heavy atom. The maximum Gasteiger partial charge on any atom is 0.0991 e. The highest BCUT2D eigenvalue weighted by molar-refractivity contribution is 5.66. The molecular weight excluding hydrogens is 246 g/mol. The first-order valence-electron chi connectivity index (χ1n) is 6.39. The molecule has 0 saturated heterocycles. The zero-order valence-corrected chi connectivity index (χ0v) is 11.1. The molecule has 3 rings (SSSR count). The standard InChI is InChI=1S/C17H13N3/c1-13-4-2-3-5-17(13)15-11-19-20(12-15)16-8-6-14(10-18)7-9-16/h2-9,11-12H,1H3. The summed E-state index contributed by atoms with van der Waals surface area (Å²) < 4.78 is 1.82. The van der Waals surface area contributed by atoms with Crippen LogP contribution < -0.4 is 0 Å². The summed E-state index contributed by atoms with van der Waals surface area (Å²) in [5, 5.41) is 13.2. The Morgan fingerprint density at radius 3 is 2.50 bits per heavy atom. The van der Waals surface area contributed by atoms with Gasteiger partial charge in [0.1, 0.15) is 0 Å². The summed E-state index contributed by atoms with van der Waals surface area (Å²) in [6.07, 6.45) is 3.87. The fourth-order valence-corrected chi connectivity index (χ4v) is 2.19. The fourth-order valence-electron chi connectivity index (χ4n) is 2.19. The van der Waals surface area contributed by atoms with E-state index in [4.69, 9.17) is 5.26 Å². The Bertz CT molecular complexity index is 776. The number of aryl methyl sites for hydroxylation is 1. The van der Waals surface area contributed by atoms with Crippen molar-refractivity contribution in [2.24, 2.45) is 0 Å². The Balaban J connectivity index is 1.98. The van der Waals surface area contributed by atoms with Crippen LogP contribution in [0.3, 0.4) is 0 Å². The van der Waals surface area contributed by atoms with Crippen molar-refractivity contribution in [3.63, 3.8) is 0 Å². The predicted octanol–water partition coefficient (Wildman–Crippen LogP) is 3.72. The summed E-state index contributed by atoms with van der Waals surface area (Å²) in [5.41, 5.74) is 5.11. The Hall–Kier alpha value is -2.86. The van der Waals surface area contributed by atoms with Crippen molar-refractivity contribution in [2.45, 2.75) is 6.92 Å². The molecule has 0 bridgehead atoms. The molecule has 3 nitrogen and oxygen atoms in total. The molecule has 0 radical (unpaired) electrons. The first kappa shape index (κ1) is 12.2. The van der Waals surface area contributed by atoms with Gasteiger partial charge in [-0.1, -0.05) is 24.3 Å². The van der Waals surface area contributed by atoms with Crippen LogP contribution in [0.5, 0.6) is 0 Å². The van der Waals surface area contributed by atoms with Crippen molar-refractivity contribution >= 4 is 0 Å². The lowest BCUT2D eigenvalue weighted by molar-refractivity contribution is 0.880. The number of nitriles is 1. The minimum absolute atomic E-state index is 0.653. The highest BCUT2D eigenvalue weighted by Crippen LogP contribution is 2.23. The van der Waals surface area contributed by atoms with Crippen LogP contribution >= 0.6 is 0 Å². The Kier molecular flexibility index (Phi) is 3.06. The lowest BCUT2D eigenvalue weighted by Gasteiger charge is -2.02. The quantitative estimate of drug-likeness (QED) is 0.703. The number of aromatic nitrogens is 2. The zero-order valence-electron chi connectivity index (χ0n) is 11.1. The van der Waals surface area contributed by atoms with Crippen molar-refractivity contribution in [3.05, 3.63) is 72.1 Å². The average Bonchev–Trinajstić information content (AvgIpc) is 2.97. The minimum atomic E-state index is 0.653. The molecule has 20 heavy (non-hydrogen) atoms. The lowest BCUT2D eigenvalue weighted by atomic mass is 10.0. The van der Waals surface area contributed by atoms with Gasteiger partial charge in [0.25, 0.3) is 0 Å². The number of hydrogen-bond donors (Lipinski definition) is 0. The third-order valence-corrected chi connectivity index (χ3v) is 3.30. The monoisotopic (exact) mass is 259 g/mol. The second-order valence-electron chi connectivity index (χ2n) is 4.65. The van der Waals surface area contributed by atoms with E-state index in [1.807, 2.05) is 41.3 Å². The van der Waals surface area contributed by atoms with Crippen molar-refractivity contribution in [1.29, 1.82) is 5.26 Å². The molecule has 0 fully saturated rings. The maximum absolute atomic E-state index is 8.81. The molecule has 0 aliphatic heterocycles. The van der Waals surface area contributed by atoms with Gasteiger partial charge in [0.05, 0.1) is 23.5 Å². The SMILES string of the molecule is Cc1ccccc1-c1cnn(-c2ccc(C#N)cc2)c1. The van der Waals surface area contributed by atoms with Crippen LogP contribution in [0.15, 0.2) is 60.9 Å². The van der Waals surface area contributed by atoms with Crippen LogP contribution in [-0.2, 0) is 0 Å². The van der Waals surface area contributed by atoms with Crippen molar-refractivity contribution in [3.8, 4) is 22.9 Å². The number of nitrogens with zero attached hydrogens (tertiary/aromatic N) is 3. The van der Waals surface area contributed by atoms with Gasteiger partial charge in [0.2, 0.25) is 0 Å². The van der Waals surface area contributed by atoms with E-state index in [9.17, 15) is 0 Å². The molecule has 1 aromatic heterocycles. The molecule has 0 saturated carbocycles. The smallest absolute Gasteiger partial charge is 0.0991 e. The van der Waals surface area contributed by atoms with E-state index in [-0.39, 0.29) is 0 Å². The highest BCUT2D eigenvalue weighted by Gasteiger charge is 2.05. The average molecular weight is 259 g/mol. The third kappa shape index (κ3) is 2.19. The van der Waals surface area contributed by atoms with Gasteiger partial charge in [-0.15, -0.1) is 0 Å². The topological polar surface area (TPSA) is 41.6 Å². The van der Waals surface area contributed by atoms with Gasteiger partial charge >= 0.3 is 0 Å². The fraction of sp³-hybridized carbons (Fsp3) is 0.0588. The lowest BCUT2D eigenvalue weighted by Crippen LogP contribution is -1.93. The minimum Gasteiger partial charge on any atom is -0.240 e. The van der Waals surface area contributed by atoms with E-state index in [0.717, 1.165) is 11.3 Å². The van der Waals surface area contributed by atoms with Crippen molar-refractivity contribution < 1.29 is 0 Å². The van der Waals surface area contributed by atoms with E-state index in [1.165, 1.54) is 11.1 Å². The molecular formula is C17H13N3. The molecule has 0 unspecified atom stereocenters. The van der Waals surface area contributed by atoms with Crippen LogP contribution in [-0.4, -0.2) is 9.78 Å². The molecule has 0 N–H and O–H groups in total. The van der Waals surface area contributed by atoms with E-state index >= 15 is 0 Å². The number of benzene rings is 2. The van der Waals surface area contributed by atoms with Gasteiger partial charge < -0.3 is 0 Å². The van der Waals surface area contributed by atoms with Gasteiger partial charge in [-0.2, -0.15) is 10.4 Å². The van der Waals surface area contributed by atoms with E-state index in [1.54, 1.807) is 12.1 Å². The largest absolute Gasteiger partial charge is 0.240 e. The maximum atomic E-state index is 8.81. The summed E-state index contributed by atoms with van der Waals surface area (Å²) in [7, 11) is 0. The van der Waals surface area contributed by atoms with Gasteiger partial charge in [0.15, 0.2) is 0 Å². The van der Waals surface area contributed by atoms with E-state index in [2.05, 4.69) is 30.2 Å². The van der Waals surface area contributed by atoms with Gasteiger partial charge in [0, 0.05) is 11.8 Å². The number of rotatable bonds is 2. The highest BCUT2D eigenvalue weighted by atomic mass is 15.3. The van der Waals surface area contributed by atoms with Crippen LogP contribution in [0.2, 0.25) is 0 Å². The second kappa shape index (κ2) is 5.02. The number of hydrogen-bond acceptors (Lipinski definition) is 2. The van der Waals surface area contributed by atoms with E-state index in [0.29, 0.717) is 5.56 Å². The molecule has 0 aliphatic carbocycles. The first-order chi connectivity index (χ1) is 9.78.